The molecule has 0 saturated heterocycles. The molecule has 3 heteroatoms. The number of aliphatic hydroxyl groups excluding tert-OH is 1. The average Bonchev–Trinajstić information content (AvgIpc) is 2.10. The average molecular weight is 186 g/mol. The topological polar surface area (TPSA) is 54.4 Å². The minimum absolute atomic E-state index is 0.141. The maximum absolute atomic E-state index is 11.1. The van der Waals surface area contributed by atoms with E-state index in [2.05, 4.69) is 0 Å². The molecule has 0 rings (SSSR count). The fraction of sp³-hybridized carbons (Fsp3) is 0.800. The zero-order chi connectivity index (χ0) is 10.3. The maximum atomic E-state index is 11.1. The molecule has 0 aromatic rings. The molecule has 0 saturated carbocycles. The lowest BCUT2D eigenvalue weighted by molar-refractivity contribution is -0.126. The van der Waals surface area contributed by atoms with Crippen molar-refractivity contribution in [1.29, 1.82) is 0 Å². The second-order valence-electron chi connectivity index (χ2n) is 3.31. The molecule has 0 radical (unpaired) electrons. The van der Waals surface area contributed by atoms with Crippen molar-refractivity contribution in [3.05, 3.63) is 0 Å². The van der Waals surface area contributed by atoms with Crippen molar-refractivity contribution in [3.8, 4) is 0 Å². The van der Waals surface area contributed by atoms with E-state index in [1.165, 1.54) is 6.92 Å². The monoisotopic (exact) mass is 186 g/mol. The second kappa shape index (κ2) is 6.78. The molecule has 0 amide bonds. The molecule has 1 atom stereocenters. The largest absolute Gasteiger partial charge is 0.385 e. The summed E-state index contributed by atoms with van der Waals surface area (Å²) in [6.45, 7) is 3.36. The van der Waals surface area contributed by atoms with Crippen LogP contribution in [0.4, 0.5) is 0 Å². The number of hydrogen-bond donors (Lipinski definition) is 1. The summed E-state index contributed by atoms with van der Waals surface area (Å²) in [6.07, 6.45) is 2.11. The molecule has 0 spiro atoms. The molecule has 0 aliphatic carbocycles. The minimum atomic E-state index is -0.953. The summed E-state index contributed by atoms with van der Waals surface area (Å²) in [7, 11) is 0. The molecule has 0 heterocycles. The van der Waals surface area contributed by atoms with Crippen molar-refractivity contribution in [2.45, 2.75) is 52.1 Å². The molecule has 76 valence electrons. The number of unbranched alkanes of at least 4 members (excludes halogenated alkanes) is 1. The summed E-state index contributed by atoms with van der Waals surface area (Å²) in [5, 5.41) is 9.10. The highest BCUT2D eigenvalue weighted by atomic mass is 16.3. The highest BCUT2D eigenvalue weighted by Gasteiger charge is 2.11. The number of carbonyl (C=O) groups excluding carboxylic acids is 2. The van der Waals surface area contributed by atoms with Crippen LogP contribution in [0.3, 0.4) is 0 Å². The van der Waals surface area contributed by atoms with E-state index >= 15 is 0 Å². The lowest BCUT2D eigenvalue weighted by Crippen LogP contribution is -2.18. The molecule has 1 unspecified atom stereocenters. The van der Waals surface area contributed by atoms with Crippen LogP contribution in [0.2, 0.25) is 0 Å². The van der Waals surface area contributed by atoms with Crippen LogP contribution < -0.4 is 0 Å². The lowest BCUT2D eigenvalue weighted by atomic mass is 10.1. The van der Waals surface area contributed by atoms with E-state index in [0.29, 0.717) is 12.8 Å². The van der Waals surface area contributed by atoms with E-state index in [0.717, 1.165) is 12.8 Å². The second-order valence-corrected chi connectivity index (χ2v) is 3.31. The normalized spacial score (nSPS) is 12.5. The molecular weight excluding hydrogens is 168 g/mol. The van der Waals surface area contributed by atoms with E-state index < -0.39 is 6.10 Å². The Morgan fingerprint density at radius 1 is 1.31 bits per heavy atom. The zero-order valence-corrected chi connectivity index (χ0v) is 8.38. The molecule has 0 fully saturated rings. The van der Waals surface area contributed by atoms with Crippen molar-refractivity contribution < 1.29 is 14.7 Å². The first-order chi connectivity index (χ1) is 6.07. The Bertz CT molecular complexity index is 175. The van der Waals surface area contributed by atoms with Gasteiger partial charge in [-0.2, -0.15) is 0 Å². The maximum Gasteiger partial charge on any atom is 0.158 e. The molecule has 3 nitrogen and oxygen atoms in total. The summed E-state index contributed by atoms with van der Waals surface area (Å²) >= 11 is 0. The Hall–Kier alpha value is -0.700. The standard InChI is InChI=1S/C10H18O3/c1-3-4-5-9(12)6-7-10(13)8(2)11/h10,13H,3-7H2,1-2H3. The lowest BCUT2D eigenvalue weighted by Gasteiger charge is -2.04. The number of rotatable bonds is 7. The highest BCUT2D eigenvalue weighted by Crippen LogP contribution is 2.04. The first kappa shape index (κ1) is 12.3. The van der Waals surface area contributed by atoms with Crippen molar-refractivity contribution in [2.75, 3.05) is 0 Å². The van der Waals surface area contributed by atoms with Crippen molar-refractivity contribution in [1.82, 2.24) is 0 Å². The fourth-order valence-electron chi connectivity index (χ4n) is 1.000. The Balaban J connectivity index is 3.52. The smallest absolute Gasteiger partial charge is 0.158 e. The van der Waals surface area contributed by atoms with Crippen molar-refractivity contribution >= 4 is 11.6 Å². The number of carbonyl (C=O) groups is 2. The molecular formula is C10H18O3. The van der Waals surface area contributed by atoms with Crippen LogP contribution in [0.15, 0.2) is 0 Å². The third-order valence-electron chi connectivity index (χ3n) is 1.98. The van der Waals surface area contributed by atoms with Gasteiger partial charge in [0.25, 0.3) is 0 Å². The molecule has 13 heavy (non-hydrogen) atoms. The number of ketones is 2. The summed E-state index contributed by atoms with van der Waals surface area (Å²) in [4.78, 5) is 21.7. The van der Waals surface area contributed by atoms with Crippen LogP contribution in [-0.2, 0) is 9.59 Å². The molecule has 0 aliphatic heterocycles. The predicted octanol–water partition coefficient (Wildman–Crippen LogP) is 1.48. The molecule has 1 N–H and O–H groups in total. The van der Waals surface area contributed by atoms with Gasteiger partial charge in [-0.3, -0.25) is 9.59 Å². The van der Waals surface area contributed by atoms with Gasteiger partial charge in [0.15, 0.2) is 5.78 Å². The molecule has 0 aromatic heterocycles. The quantitative estimate of drug-likeness (QED) is 0.655. The summed E-state index contributed by atoms with van der Waals surface area (Å²) < 4.78 is 0. The number of Topliss-reactive ketones (excluding diaryl/α,β-unsaturated/α-hetero) is 2. The Kier molecular flexibility index (Phi) is 6.41. The molecule has 0 bridgehead atoms. The van der Waals surface area contributed by atoms with Crippen LogP contribution in [-0.4, -0.2) is 22.8 Å². The third-order valence-corrected chi connectivity index (χ3v) is 1.98. The van der Waals surface area contributed by atoms with Crippen molar-refractivity contribution in [3.63, 3.8) is 0 Å². The van der Waals surface area contributed by atoms with Crippen LogP contribution >= 0.6 is 0 Å². The van der Waals surface area contributed by atoms with Gasteiger partial charge < -0.3 is 5.11 Å². The molecule has 0 aliphatic rings. The van der Waals surface area contributed by atoms with Gasteiger partial charge in [-0.25, -0.2) is 0 Å². The Morgan fingerprint density at radius 3 is 2.38 bits per heavy atom. The zero-order valence-electron chi connectivity index (χ0n) is 8.38. The van der Waals surface area contributed by atoms with Gasteiger partial charge in [-0.1, -0.05) is 13.3 Å². The van der Waals surface area contributed by atoms with Crippen LogP contribution in [0.5, 0.6) is 0 Å². The minimum Gasteiger partial charge on any atom is -0.385 e. The van der Waals surface area contributed by atoms with Crippen LogP contribution in [0, 0.1) is 0 Å². The Labute approximate surface area is 79.1 Å². The van der Waals surface area contributed by atoms with Crippen LogP contribution in [0.25, 0.3) is 0 Å². The van der Waals surface area contributed by atoms with Gasteiger partial charge in [0.2, 0.25) is 0 Å². The van der Waals surface area contributed by atoms with Crippen molar-refractivity contribution in [2.24, 2.45) is 0 Å². The van der Waals surface area contributed by atoms with E-state index in [1.54, 1.807) is 0 Å². The van der Waals surface area contributed by atoms with E-state index in [4.69, 9.17) is 5.11 Å². The molecule has 0 aromatic carbocycles. The first-order valence-electron chi connectivity index (χ1n) is 4.78. The number of hydrogen-bond acceptors (Lipinski definition) is 3. The van der Waals surface area contributed by atoms with Crippen LogP contribution in [0.1, 0.15) is 46.0 Å². The summed E-state index contributed by atoms with van der Waals surface area (Å²) in [5.74, 6) is -0.120. The third kappa shape index (κ3) is 6.46. The summed E-state index contributed by atoms with van der Waals surface area (Å²) in [6, 6.07) is 0. The predicted molar refractivity (Wildman–Crippen MR) is 50.5 cm³/mol. The fourth-order valence-corrected chi connectivity index (χ4v) is 1.000. The summed E-state index contributed by atoms with van der Waals surface area (Å²) in [5.41, 5.74) is 0. The van der Waals surface area contributed by atoms with Gasteiger partial charge >= 0.3 is 0 Å². The van der Waals surface area contributed by atoms with E-state index in [1.807, 2.05) is 6.92 Å². The van der Waals surface area contributed by atoms with E-state index in [-0.39, 0.29) is 18.0 Å². The van der Waals surface area contributed by atoms with E-state index in [9.17, 15) is 9.59 Å². The Morgan fingerprint density at radius 2 is 1.92 bits per heavy atom. The van der Waals surface area contributed by atoms with Gasteiger partial charge in [-0.05, 0) is 19.8 Å². The van der Waals surface area contributed by atoms with Gasteiger partial charge in [-0.15, -0.1) is 0 Å². The highest BCUT2D eigenvalue weighted by molar-refractivity contribution is 5.82. The first-order valence-corrected chi connectivity index (χ1v) is 4.78. The van der Waals surface area contributed by atoms with Gasteiger partial charge in [0, 0.05) is 12.8 Å². The van der Waals surface area contributed by atoms with Gasteiger partial charge in [0.1, 0.15) is 11.9 Å². The SMILES string of the molecule is CCCCC(=O)CCC(O)C(C)=O. The number of aliphatic hydroxyl groups is 1. The van der Waals surface area contributed by atoms with Gasteiger partial charge in [0.05, 0.1) is 0 Å².